The number of esters is 1. The van der Waals surface area contributed by atoms with Gasteiger partial charge in [-0.05, 0) is 6.92 Å². The summed E-state index contributed by atoms with van der Waals surface area (Å²) in [5.74, 6) is -0.611. The van der Waals surface area contributed by atoms with Crippen LogP contribution in [0.15, 0.2) is 5.10 Å². The van der Waals surface area contributed by atoms with E-state index in [1.165, 1.54) is 0 Å². The maximum absolute atomic E-state index is 11.0. The quantitative estimate of drug-likeness (QED) is 0.584. The van der Waals surface area contributed by atoms with Crippen molar-refractivity contribution < 1.29 is 14.3 Å². The lowest BCUT2D eigenvalue weighted by Gasteiger charge is -2.09. The first-order chi connectivity index (χ1) is 5.74. The highest BCUT2D eigenvalue weighted by atomic mass is 16.5. The van der Waals surface area contributed by atoms with Crippen LogP contribution in [0.5, 0.6) is 0 Å². The molecule has 1 amide bonds. The zero-order valence-electron chi connectivity index (χ0n) is 6.79. The molecule has 0 spiro atoms. The van der Waals surface area contributed by atoms with Crippen molar-refractivity contribution in [3.05, 3.63) is 0 Å². The van der Waals surface area contributed by atoms with Gasteiger partial charge in [0.15, 0.2) is 0 Å². The van der Waals surface area contributed by atoms with Gasteiger partial charge in [-0.2, -0.15) is 5.10 Å². The molecule has 66 valence electrons. The second kappa shape index (κ2) is 3.85. The van der Waals surface area contributed by atoms with Gasteiger partial charge in [0, 0.05) is 12.8 Å². The average Bonchev–Trinajstić information content (AvgIpc) is 2.06. The van der Waals surface area contributed by atoms with E-state index in [1.807, 2.05) is 0 Å². The van der Waals surface area contributed by atoms with Gasteiger partial charge < -0.3 is 4.74 Å². The molecule has 1 N–H and O–H groups in total. The SMILES string of the molecule is CCOC(=O)C1=NNC(=O)CC1. The first kappa shape index (κ1) is 8.70. The minimum Gasteiger partial charge on any atom is -0.461 e. The van der Waals surface area contributed by atoms with E-state index in [0.29, 0.717) is 19.4 Å². The van der Waals surface area contributed by atoms with Crippen LogP contribution in [0.1, 0.15) is 19.8 Å². The van der Waals surface area contributed by atoms with Crippen molar-refractivity contribution in [2.24, 2.45) is 5.10 Å². The molecule has 5 heteroatoms. The summed E-state index contributed by atoms with van der Waals surface area (Å²) in [4.78, 5) is 21.6. The molecule has 5 nitrogen and oxygen atoms in total. The molecule has 1 rings (SSSR count). The van der Waals surface area contributed by atoms with Gasteiger partial charge in [0.05, 0.1) is 6.61 Å². The molecule has 0 saturated heterocycles. The van der Waals surface area contributed by atoms with Crippen molar-refractivity contribution in [3.63, 3.8) is 0 Å². The van der Waals surface area contributed by atoms with Crippen LogP contribution in [0.2, 0.25) is 0 Å². The Kier molecular flexibility index (Phi) is 2.79. The van der Waals surface area contributed by atoms with Crippen LogP contribution in [-0.4, -0.2) is 24.2 Å². The number of hydrogen-bond donors (Lipinski definition) is 1. The van der Waals surface area contributed by atoms with Crippen molar-refractivity contribution in [2.75, 3.05) is 6.61 Å². The molecule has 0 aromatic carbocycles. The second-order valence-corrected chi connectivity index (χ2v) is 2.31. The molecule has 1 heterocycles. The summed E-state index contributed by atoms with van der Waals surface area (Å²) < 4.78 is 4.70. The lowest BCUT2D eigenvalue weighted by Crippen LogP contribution is -2.30. The molecule has 0 aliphatic carbocycles. The minimum atomic E-state index is -0.447. The fraction of sp³-hybridized carbons (Fsp3) is 0.571. The van der Waals surface area contributed by atoms with E-state index in [0.717, 1.165) is 0 Å². The first-order valence-electron chi connectivity index (χ1n) is 3.76. The van der Waals surface area contributed by atoms with Gasteiger partial charge in [-0.3, -0.25) is 4.79 Å². The van der Waals surface area contributed by atoms with E-state index in [2.05, 4.69) is 10.5 Å². The number of carbonyl (C=O) groups excluding carboxylic acids is 2. The second-order valence-electron chi connectivity index (χ2n) is 2.31. The zero-order valence-corrected chi connectivity index (χ0v) is 6.79. The molecule has 1 aliphatic heterocycles. The number of hydrogen-bond acceptors (Lipinski definition) is 4. The Morgan fingerprint density at radius 2 is 2.42 bits per heavy atom. The van der Waals surface area contributed by atoms with Gasteiger partial charge in [-0.25, -0.2) is 10.2 Å². The monoisotopic (exact) mass is 170 g/mol. The van der Waals surface area contributed by atoms with Crippen LogP contribution < -0.4 is 5.43 Å². The van der Waals surface area contributed by atoms with E-state index >= 15 is 0 Å². The lowest BCUT2D eigenvalue weighted by molar-refractivity contribution is -0.135. The number of ether oxygens (including phenoxy) is 1. The van der Waals surface area contributed by atoms with Crippen LogP contribution >= 0.6 is 0 Å². The van der Waals surface area contributed by atoms with Gasteiger partial charge in [-0.1, -0.05) is 0 Å². The Morgan fingerprint density at radius 3 is 2.92 bits per heavy atom. The van der Waals surface area contributed by atoms with E-state index < -0.39 is 5.97 Å². The van der Waals surface area contributed by atoms with Crippen molar-refractivity contribution in [3.8, 4) is 0 Å². The lowest BCUT2D eigenvalue weighted by atomic mass is 10.2. The summed E-state index contributed by atoms with van der Waals surface area (Å²) in [7, 11) is 0. The highest BCUT2D eigenvalue weighted by Crippen LogP contribution is 2.00. The molecule has 0 aromatic rings. The fourth-order valence-corrected chi connectivity index (χ4v) is 0.836. The maximum atomic E-state index is 11.0. The molecule has 0 bridgehead atoms. The third-order valence-electron chi connectivity index (χ3n) is 1.42. The van der Waals surface area contributed by atoms with Gasteiger partial charge in [-0.15, -0.1) is 0 Å². The Balaban J connectivity index is 2.52. The Hall–Kier alpha value is -1.39. The molecule has 0 fully saturated rings. The number of hydrazone groups is 1. The standard InChI is InChI=1S/C7H10N2O3/c1-2-12-7(11)5-3-4-6(10)9-8-5/h2-4H2,1H3,(H,9,10). The van der Waals surface area contributed by atoms with E-state index in [4.69, 9.17) is 4.74 Å². The number of rotatable bonds is 2. The smallest absolute Gasteiger partial charge is 0.354 e. The van der Waals surface area contributed by atoms with Crippen LogP contribution in [0, 0.1) is 0 Å². The summed E-state index contributed by atoms with van der Waals surface area (Å²) in [5, 5.41) is 3.57. The largest absolute Gasteiger partial charge is 0.461 e. The summed E-state index contributed by atoms with van der Waals surface area (Å²) in [6, 6.07) is 0. The van der Waals surface area contributed by atoms with Gasteiger partial charge in [0.1, 0.15) is 5.71 Å². The average molecular weight is 170 g/mol. The van der Waals surface area contributed by atoms with Crippen LogP contribution in [0.4, 0.5) is 0 Å². The van der Waals surface area contributed by atoms with Gasteiger partial charge in [0.2, 0.25) is 5.91 Å². The number of nitrogens with zero attached hydrogens (tertiary/aromatic N) is 1. The maximum Gasteiger partial charge on any atom is 0.354 e. The Bertz CT molecular complexity index is 235. The topological polar surface area (TPSA) is 67.8 Å². The van der Waals surface area contributed by atoms with E-state index in [-0.39, 0.29) is 11.6 Å². The summed E-state index contributed by atoms with van der Waals surface area (Å²) in [6.45, 7) is 2.05. The van der Waals surface area contributed by atoms with Crippen molar-refractivity contribution in [2.45, 2.75) is 19.8 Å². The number of nitrogens with one attached hydrogen (secondary N) is 1. The highest BCUT2D eigenvalue weighted by Gasteiger charge is 2.18. The predicted molar refractivity (Wildman–Crippen MR) is 41.4 cm³/mol. The van der Waals surface area contributed by atoms with E-state index in [1.54, 1.807) is 6.92 Å². The number of carbonyl (C=O) groups is 2. The third-order valence-corrected chi connectivity index (χ3v) is 1.42. The van der Waals surface area contributed by atoms with Crippen molar-refractivity contribution >= 4 is 17.6 Å². The molecule has 1 aliphatic rings. The van der Waals surface area contributed by atoms with Crippen LogP contribution in [-0.2, 0) is 14.3 Å². The summed E-state index contributed by atoms with van der Waals surface area (Å²) >= 11 is 0. The van der Waals surface area contributed by atoms with Crippen molar-refractivity contribution in [1.82, 2.24) is 5.43 Å². The first-order valence-corrected chi connectivity index (χ1v) is 3.76. The molecular weight excluding hydrogens is 160 g/mol. The molecular formula is C7H10N2O3. The number of amides is 1. The minimum absolute atomic E-state index is 0.164. The van der Waals surface area contributed by atoms with Gasteiger partial charge in [0.25, 0.3) is 0 Å². The Morgan fingerprint density at radius 1 is 1.67 bits per heavy atom. The van der Waals surface area contributed by atoms with Crippen LogP contribution in [0.3, 0.4) is 0 Å². The van der Waals surface area contributed by atoms with Crippen molar-refractivity contribution in [1.29, 1.82) is 0 Å². The Labute approximate surface area is 69.8 Å². The van der Waals surface area contributed by atoms with Gasteiger partial charge >= 0.3 is 5.97 Å². The molecule has 0 saturated carbocycles. The summed E-state index contributed by atoms with van der Waals surface area (Å²) in [5.41, 5.74) is 2.51. The predicted octanol–water partition coefficient (Wildman–Crippen LogP) is -0.185. The molecule has 12 heavy (non-hydrogen) atoms. The normalized spacial score (nSPS) is 16.4. The third kappa shape index (κ3) is 2.05. The highest BCUT2D eigenvalue weighted by molar-refractivity contribution is 6.37. The fourth-order valence-electron chi connectivity index (χ4n) is 0.836. The molecule has 0 radical (unpaired) electrons. The van der Waals surface area contributed by atoms with E-state index in [9.17, 15) is 9.59 Å². The molecule has 0 unspecified atom stereocenters. The van der Waals surface area contributed by atoms with Crippen LogP contribution in [0.25, 0.3) is 0 Å². The zero-order chi connectivity index (χ0) is 8.97. The summed E-state index contributed by atoms with van der Waals surface area (Å²) in [6.07, 6.45) is 0.669. The molecule has 0 atom stereocenters. The molecule has 0 aromatic heterocycles.